The van der Waals surface area contributed by atoms with Crippen LogP contribution in [0.4, 0.5) is 4.79 Å². The fraction of sp³-hybridized carbons (Fsp3) is 0.389. The van der Waals surface area contributed by atoms with Crippen LogP contribution < -0.4 is 5.32 Å². The number of thioether (sulfide) groups is 1. The normalized spacial score (nSPS) is 24.1. The van der Waals surface area contributed by atoms with Crippen LogP contribution in [0.2, 0.25) is 5.02 Å². The Bertz CT molecular complexity index is 706. The fourth-order valence-corrected chi connectivity index (χ4v) is 4.24. The van der Waals surface area contributed by atoms with Gasteiger partial charge in [0.1, 0.15) is 0 Å². The highest BCUT2D eigenvalue weighted by atomic mass is 35.5. The third-order valence-corrected chi connectivity index (χ3v) is 5.67. The molecule has 1 N–H and O–H groups in total. The van der Waals surface area contributed by atoms with E-state index in [-0.39, 0.29) is 34.9 Å². The third kappa shape index (κ3) is 4.25. The van der Waals surface area contributed by atoms with Crippen LogP contribution in [0.15, 0.2) is 30.3 Å². The number of carbonyl (C=O) groups excluding carboxylic acids is 3. The van der Waals surface area contributed by atoms with Gasteiger partial charge in [-0.25, -0.2) is 0 Å². The summed E-state index contributed by atoms with van der Waals surface area (Å²) in [5.74, 6) is -0.209. The summed E-state index contributed by atoms with van der Waals surface area (Å²) in [6.45, 7) is 0. The minimum Gasteiger partial charge on any atom is -0.348 e. The average molecular weight is 379 g/mol. The Morgan fingerprint density at radius 1 is 1.24 bits per heavy atom. The van der Waals surface area contributed by atoms with Crippen molar-refractivity contribution < 1.29 is 14.4 Å². The molecule has 2 atom stereocenters. The van der Waals surface area contributed by atoms with Crippen molar-refractivity contribution in [3.63, 3.8) is 0 Å². The molecule has 2 unspecified atom stereocenters. The number of amides is 3. The number of hydrogen-bond acceptors (Lipinski definition) is 4. The zero-order valence-electron chi connectivity index (χ0n) is 13.6. The van der Waals surface area contributed by atoms with E-state index < -0.39 is 0 Å². The molecule has 0 radical (unpaired) electrons. The van der Waals surface area contributed by atoms with E-state index in [1.807, 2.05) is 18.2 Å². The molecular weight excluding hydrogens is 360 g/mol. The zero-order valence-corrected chi connectivity index (χ0v) is 15.2. The van der Waals surface area contributed by atoms with E-state index in [0.29, 0.717) is 5.02 Å². The van der Waals surface area contributed by atoms with Gasteiger partial charge in [-0.1, -0.05) is 54.4 Å². The molecule has 2 fully saturated rings. The first kappa shape index (κ1) is 18.0. The van der Waals surface area contributed by atoms with Crippen molar-refractivity contribution in [1.82, 2.24) is 10.2 Å². The maximum absolute atomic E-state index is 12.3. The summed E-state index contributed by atoms with van der Waals surface area (Å²) in [5, 5.41) is 3.32. The maximum atomic E-state index is 12.3. The molecule has 0 bridgehead atoms. The van der Waals surface area contributed by atoms with Crippen LogP contribution in [-0.2, 0) is 9.59 Å². The number of rotatable bonds is 4. The number of nitrogens with one attached hydrogen (secondary N) is 1. The average Bonchev–Trinajstić information content (AvgIpc) is 2.93. The van der Waals surface area contributed by atoms with Gasteiger partial charge in [-0.05, 0) is 30.5 Å². The first-order chi connectivity index (χ1) is 12.1. The highest BCUT2D eigenvalue weighted by Crippen LogP contribution is 2.30. The van der Waals surface area contributed by atoms with Crippen LogP contribution in [0.1, 0.15) is 31.2 Å². The van der Waals surface area contributed by atoms with Gasteiger partial charge in [0.15, 0.2) is 0 Å². The lowest BCUT2D eigenvalue weighted by Crippen LogP contribution is -2.54. The molecule has 1 aliphatic heterocycles. The molecule has 1 aromatic carbocycles. The molecule has 3 rings (SSSR count). The quantitative estimate of drug-likeness (QED) is 0.814. The number of halogens is 1. The molecule has 3 amide bonds. The second-order valence-corrected chi connectivity index (χ2v) is 7.47. The molecule has 1 aromatic rings. The highest BCUT2D eigenvalue weighted by Gasteiger charge is 2.40. The van der Waals surface area contributed by atoms with Crippen molar-refractivity contribution in [2.24, 2.45) is 0 Å². The molecule has 1 aliphatic carbocycles. The molecule has 1 saturated carbocycles. The van der Waals surface area contributed by atoms with Crippen LogP contribution in [0.25, 0.3) is 6.08 Å². The summed E-state index contributed by atoms with van der Waals surface area (Å²) in [7, 11) is 0. The summed E-state index contributed by atoms with van der Waals surface area (Å²) in [6.07, 6.45) is 6.52. The van der Waals surface area contributed by atoms with Crippen LogP contribution >= 0.6 is 23.4 Å². The Balaban J connectivity index is 1.67. The Morgan fingerprint density at radius 3 is 2.72 bits per heavy atom. The number of carbonyl (C=O) groups is 3. The van der Waals surface area contributed by atoms with Gasteiger partial charge in [-0.15, -0.1) is 0 Å². The van der Waals surface area contributed by atoms with E-state index in [9.17, 15) is 14.4 Å². The van der Waals surface area contributed by atoms with Gasteiger partial charge in [-0.3, -0.25) is 19.3 Å². The summed E-state index contributed by atoms with van der Waals surface area (Å²) in [4.78, 5) is 37.6. The van der Waals surface area contributed by atoms with Crippen LogP contribution in [0.5, 0.6) is 0 Å². The molecule has 0 aromatic heterocycles. The van der Waals surface area contributed by atoms with Crippen molar-refractivity contribution in [3.05, 3.63) is 40.9 Å². The van der Waals surface area contributed by atoms with Crippen molar-refractivity contribution in [2.75, 3.05) is 5.75 Å². The van der Waals surface area contributed by atoms with Gasteiger partial charge >= 0.3 is 0 Å². The van der Waals surface area contributed by atoms with Gasteiger partial charge in [0, 0.05) is 11.1 Å². The Labute approximate surface area is 155 Å². The van der Waals surface area contributed by atoms with Crippen LogP contribution in [0, 0.1) is 0 Å². The Morgan fingerprint density at radius 2 is 2.00 bits per heavy atom. The van der Waals surface area contributed by atoms with Crippen molar-refractivity contribution in [3.8, 4) is 0 Å². The van der Waals surface area contributed by atoms with Crippen molar-refractivity contribution in [1.29, 1.82) is 0 Å². The molecule has 25 heavy (non-hydrogen) atoms. The first-order valence-corrected chi connectivity index (χ1v) is 9.64. The Hall–Kier alpha value is -1.79. The second kappa shape index (κ2) is 8.06. The van der Waals surface area contributed by atoms with Gasteiger partial charge in [0.05, 0.1) is 17.8 Å². The summed E-state index contributed by atoms with van der Waals surface area (Å²) in [6, 6.07) is 6.81. The predicted molar refractivity (Wildman–Crippen MR) is 99.4 cm³/mol. The van der Waals surface area contributed by atoms with E-state index in [4.69, 9.17) is 11.6 Å². The molecule has 132 valence electrons. The number of hydrogen-bond donors (Lipinski definition) is 1. The lowest BCUT2D eigenvalue weighted by atomic mass is 9.89. The zero-order chi connectivity index (χ0) is 17.8. The van der Waals surface area contributed by atoms with E-state index in [1.54, 1.807) is 12.1 Å². The minimum atomic E-state index is -0.249. The number of imide groups is 1. The maximum Gasteiger partial charge on any atom is 0.289 e. The molecule has 1 saturated heterocycles. The molecule has 7 heteroatoms. The lowest BCUT2D eigenvalue weighted by molar-refractivity contribution is -0.128. The fourth-order valence-electron chi connectivity index (χ4n) is 3.28. The Kier molecular flexibility index (Phi) is 5.81. The first-order valence-electron chi connectivity index (χ1n) is 8.28. The van der Waals surface area contributed by atoms with Crippen LogP contribution in [0.3, 0.4) is 0 Å². The highest BCUT2D eigenvalue weighted by molar-refractivity contribution is 8.14. The molecular formula is C18H19ClN2O3S. The number of nitrogens with zero attached hydrogens (tertiary/aromatic N) is 1. The topological polar surface area (TPSA) is 66.5 Å². The van der Waals surface area contributed by atoms with E-state index >= 15 is 0 Å². The molecule has 5 nitrogen and oxygen atoms in total. The van der Waals surface area contributed by atoms with E-state index in [1.165, 1.54) is 11.0 Å². The SMILES string of the molecule is O=C(/C=C/c1ccccc1Cl)NC1CCCCC1N1C(=O)CSC1=O. The van der Waals surface area contributed by atoms with E-state index in [0.717, 1.165) is 43.0 Å². The molecule has 0 spiro atoms. The number of benzene rings is 1. The molecule has 1 heterocycles. The smallest absolute Gasteiger partial charge is 0.289 e. The van der Waals surface area contributed by atoms with Gasteiger partial charge < -0.3 is 5.32 Å². The van der Waals surface area contributed by atoms with Crippen molar-refractivity contribution in [2.45, 2.75) is 37.8 Å². The summed E-state index contributed by atoms with van der Waals surface area (Å²) >= 11 is 7.11. The predicted octanol–water partition coefficient (Wildman–Crippen LogP) is 3.48. The monoisotopic (exact) mass is 378 g/mol. The lowest BCUT2D eigenvalue weighted by Gasteiger charge is -2.36. The van der Waals surface area contributed by atoms with Gasteiger partial charge in [-0.2, -0.15) is 0 Å². The third-order valence-electron chi connectivity index (χ3n) is 4.49. The van der Waals surface area contributed by atoms with Gasteiger partial charge in [0.25, 0.3) is 5.24 Å². The van der Waals surface area contributed by atoms with Crippen molar-refractivity contribution >= 4 is 46.5 Å². The summed E-state index contributed by atoms with van der Waals surface area (Å²) in [5.41, 5.74) is 0.765. The second-order valence-electron chi connectivity index (χ2n) is 6.14. The molecule has 2 aliphatic rings. The van der Waals surface area contributed by atoms with E-state index in [2.05, 4.69) is 5.32 Å². The van der Waals surface area contributed by atoms with Crippen LogP contribution in [-0.4, -0.2) is 39.8 Å². The largest absolute Gasteiger partial charge is 0.348 e. The standard InChI is InChI=1S/C18H19ClN2O3S/c19-13-6-2-1-5-12(13)9-10-16(22)20-14-7-3-4-8-15(14)21-17(23)11-25-18(21)24/h1-2,5-6,9-10,14-15H,3-4,7-8,11H2,(H,20,22)/b10-9+. The minimum absolute atomic E-state index is 0.159. The van der Waals surface area contributed by atoms with Gasteiger partial charge in [0.2, 0.25) is 11.8 Å². The summed E-state index contributed by atoms with van der Waals surface area (Å²) < 4.78 is 0.